The van der Waals surface area contributed by atoms with Crippen molar-refractivity contribution >= 4 is 11.9 Å². The van der Waals surface area contributed by atoms with E-state index in [1.165, 1.54) is 6.26 Å². The van der Waals surface area contributed by atoms with Gasteiger partial charge in [-0.3, -0.25) is 4.79 Å². The zero-order valence-corrected chi connectivity index (χ0v) is 21.0. The van der Waals surface area contributed by atoms with Gasteiger partial charge in [0.05, 0.1) is 30.3 Å². The molecule has 188 valence electrons. The minimum Gasteiger partial charge on any atom is -0.497 e. The first kappa shape index (κ1) is 22.2. The van der Waals surface area contributed by atoms with E-state index in [2.05, 4.69) is 38.1 Å². The molecule has 1 aromatic carbocycles. The molecule has 0 aromatic heterocycles. The van der Waals surface area contributed by atoms with Crippen LogP contribution >= 0.6 is 0 Å². The molecular formula is C30H32O6. The number of ether oxygens (including phenoxy) is 4. The fourth-order valence-electron chi connectivity index (χ4n) is 9.25. The Kier molecular flexibility index (Phi) is 4.35. The quantitative estimate of drug-likeness (QED) is 0.257. The second-order valence-corrected chi connectivity index (χ2v) is 11.8. The third-order valence-electron chi connectivity index (χ3n) is 10.8. The molecule has 0 radical (unpaired) electrons. The van der Waals surface area contributed by atoms with E-state index < -0.39 is 17.1 Å². The summed E-state index contributed by atoms with van der Waals surface area (Å²) in [6.07, 6.45) is 14.2. The minimum absolute atomic E-state index is 0.0235. The van der Waals surface area contributed by atoms with E-state index in [4.69, 9.17) is 18.9 Å². The second-order valence-electron chi connectivity index (χ2n) is 11.8. The molecule has 6 aliphatic rings. The van der Waals surface area contributed by atoms with E-state index in [0.29, 0.717) is 5.57 Å². The molecule has 0 N–H and O–H groups in total. The summed E-state index contributed by atoms with van der Waals surface area (Å²) in [5, 5.41) is 0. The highest BCUT2D eigenvalue weighted by molar-refractivity contribution is 5.92. The maximum absolute atomic E-state index is 13.9. The van der Waals surface area contributed by atoms with Gasteiger partial charge in [0.1, 0.15) is 11.9 Å². The van der Waals surface area contributed by atoms with E-state index >= 15 is 0 Å². The number of carbonyl (C=O) groups is 2. The van der Waals surface area contributed by atoms with Crippen LogP contribution in [-0.4, -0.2) is 31.4 Å². The fraction of sp³-hybridized carbons (Fsp3) is 0.533. The van der Waals surface area contributed by atoms with Gasteiger partial charge in [-0.15, -0.1) is 0 Å². The molecule has 0 unspecified atom stereocenters. The molecule has 4 fully saturated rings. The number of hydrogen-bond acceptors (Lipinski definition) is 6. The van der Waals surface area contributed by atoms with Gasteiger partial charge in [-0.1, -0.05) is 50.1 Å². The third kappa shape index (κ3) is 2.26. The molecule has 4 aliphatic carbocycles. The highest BCUT2D eigenvalue weighted by atomic mass is 16.7. The van der Waals surface area contributed by atoms with Gasteiger partial charge in [0.2, 0.25) is 6.29 Å². The monoisotopic (exact) mass is 488 g/mol. The average molecular weight is 489 g/mol. The molecule has 0 spiro atoms. The summed E-state index contributed by atoms with van der Waals surface area (Å²) in [5.41, 5.74) is -0.0671. The molecule has 2 saturated carbocycles. The lowest BCUT2D eigenvalue weighted by Gasteiger charge is -2.52. The number of methoxy groups -OCH3 is 1. The highest BCUT2D eigenvalue weighted by Crippen LogP contribution is 2.84. The van der Waals surface area contributed by atoms with E-state index in [1.54, 1.807) is 7.11 Å². The van der Waals surface area contributed by atoms with E-state index in [0.717, 1.165) is 43.4 Å². The summed E-state index contributed by atoms with van der Waals surface area (Å²) in [5.74, 6) is 0.0401. The van der Waals surface area contributed by atoms with Gasteiger partial charge in [-0.25, -0.2) is 4.79 Å². The zero-order chi connectivity index (χ0) is 24.9. The topological polar surface area (TPSA) is 71.1 Å². The molecule has 6 heteroatoms. The number of fused-ring (bicyclic) bond motifs is 3. The Labute approximate surface area is 211 Å². The SMILES string of the molecule is COc1ccc([C@]23C=C[C@@]4(CCCC[C@]24C)[C@H]2[C@H](O/C=C4/C(=O)O[C@H]5C=CC[C@@H]45)OC(=O)[C@]23C)cc1. The third-order valence-corrected chi connectivity index (χ3v) is 10.8. The maximum atomic E-state index is 13.9. The molecule has 8 atom stereocenters. The predicted molar refractivity (Wildman–Crippen MR) is 131 cm³/mol. The Balaban J connectivity index is 1.34. The van der Waals surface area contributed by atoms with Gasteiger partial charge in [0.15, 0.2) is 0 Å². The first-order chi connectivity index (χ1) is 17.3. The highest BCUT2D eigenvalue weighted by Gasteiger charge is 2.86. The normalized spacial score (nSPS) is 46.5. The van der Waals surface area contributed by atoms with Crippen LogP contribution in [0.5, 0.6) is 5.75 Å². The smallest absolute Gasteiger partial charge is 0.338 e. The van der Waals surface area contributed by atoms with Crippen LogP contribution in [0.15, 0.2) is 60.4 Å². The molecule has 2 saturated heterocycles. The largest absolute Gasteiger partial charge is 0.497 e. The minimum atomic E-state index is -0.799. The van der Waals surface area contributed by atoms with Crippen molar-refractivity contribution in [3.8, 4) is 5.75 Å². The summed E-state index contributed by atoms with van der Waals surface area (Å²) in [6, 6.07) is 8.18. The Morgan fingerprint density at radius 3 is 2.58 bits per heavy atom. The first-order valence-electron chi connectivity index (χ1n) is 13.1. The van der Waals surface area contributed by atoms with Gasteiger partial charge in [-0.2, -0.15) is 0 Å². The molecular weight excluding hydrogens is 456 g/mol. The van der Waals surface area contributed by atoms with Crippen LogP contribution in [0.4, 0.5) is 0 Å². The van der Waals surface area contributed by atoms with Crippen molar-refractivity contribution in [3.63, 3.8) is 0 Å². The Hall–Kier alpha value is -3.02. The van der Waals surface area contributed by atoms with Crippen molar-refractivity contribution in [1.82, 2.24) is 0 Å². The van der Waals surface area contributed by atoms with Gasteiger partial charge in [0, 0.05) is 16.7 Å². The molecule has 36 heavy (non-hydrogen) atoms. The van der Waals surface area contributed by atoms with Crippen LogP contribution in [0.25, 0.3) is 0 Å². The first-order valence-corrected chi connectivity index (χ1v) is 13.1. The van der Waals surface area contributed by atoms with E-state index in [1.807, 2.05) is 24.3 Å². The number of rotatable bonds is 4. The molecule has 2 bridgehead atoms. The lowest BCUT2D eigenvalue weighted by Crippen LogP contribution is -2.51. The lowest BCUT2D eigenvalue weighted by molar-refractivity contribution is -0.169. The maximum Gasteiger partial charge on any atom is 0.338 e. The standard InChI is InChI=1S/C30H32O6/c1-27-13-4-5-14-29(27)15-16-30(27,18-9-11-19(33-3)12-10-18)28(2)23(29)25(36-26(28)32)34-17-21-20-7-6-8-22(20)35-24(21)31/h6,8-12,15-17,20,22-23,25H,4-5,7,13-14H2,1-3H3/b21-17+/t20-,22-,23-,25+,27-,28-,29-,30+/m0/s1. The van der Waals surface area contributed by atoms with Crippen molar-refractivity contribution in [1.29, 1.82) is 0 Å². The number of esters is 2. The average Bonchev–Trinajstić information content (AvgIpc) is 3.61. The molecule has 2 heterocycles. The Bertz CT molecular complexity index is 1240. The second kappa shape index (κ2) is 7.05. The van der Waals surface area contributed by atoms with E-state index in [-0.39, 0.29) is 40.7 Å². The van der Waals surface area contributed by atoms with Crippen LogP contribution in [0.2, 0.25) is 0 Å². The van der Waals surface area contributed by atoms with Crippen LogP contribution < -0.4 is 4.74 Å². The summed E-state index contributed by atoms with van der Waals surface area (Å²) in [6.45, 7) is 4.45. The lowest BCUT2D eigenvalue weighted by atomic mass is 9.51. The number of allylic oxidation sites excluding steroid dienone is 3. The molecule has 6 nitrogen and oxygen atoms in total. The summed E-state index contributed by atoms with van der Waals surface area (Å²) >= 11 is 0. The number of benzene rings is 1. The van der Waals surface area contributed by atoms with Crippen LogP contribution in [0, 0.1) is 28.1 Å². The van der Waals surface area contributed by atoms with Crippen LogP contribution in [0.1, 0.15) is 51.5 Å². The van der Waals surface area contributed by atoms with Crippen molar-refractivity contribution in [2.45, 2.75) is 63.8 Å². The van der Waals surface area contributed by atoms with Crippen molar-refractivity contribution in [3.05, 3.63) is 66.0 Å². The van der Waals surface area contributed by atoms with Gasteiger partial charge >= 0.3 is 11.9 Å². The van der Waals surface area contributed by atoms with Crippen molar-refractivity contribution in [2.24, 2.45) is 28.1 Å². The number of cyclic esters (lactones) is 1. The Morgan fingerprint density at radius 1 is 1.03 bits per heavy atom. The molecule has 1 aromatic rings. The Morgan fingerprint density at radius 2 is 1.81 bits per heavy atom. The summed E-state index contributed by atoms with van der Waals surface area (Å²) in [7, 11) is 1.66. The predicted octanol–water partition coefficient (Wildman–Crippen LogP) is 4.99. The van der Waals surface area contributed by atoms with Crippen molar-refractivity contribution < 1.29 is 28.5 Å². The van der Waals surface area contributed by atoms with Gasteiger partial charge in [0.25, 0.3) is 0 Å². The van der Waals surface area contributed by atoms with Gasteiger partial charge < -0.3 is 18.9 Å². The fourth-order valence-corrected chi connectivity index (χ4v) is 9.25. The number of hydrogen-bond donors (Lipinski definition) is 0. The van der Waals surface area contributed by atoms with Crippen LogP contribution in [-0.2, 0) is 29.2 Å². The van der Waals surface area contributed by atoms with E-state index in [9.17, 15) is 9.59 Å². The summed E-state index contributed by atoms with van der Waals surface area (Å²) in [4.78, 5) is 26.4. The molecule has 7 rings (SSSR count). The van der Waals surface area contributed by atoms with Gasteiger partial charge in [-0.05, 0) is 55.4 Å². The van der Waals surface area contributed by atoms with Crippen molar-refractivity contribution in [2.75, 3.05) is 7.11 Å². The number of carbonyl (C=O) groups excluding carboxylic acids is 2. The summed E-state index contributed by atoms with van der Waals surface area (Å²) < 4.78 is 23.3. The van der Waals surface area contributed by atoms with Crippen LogP contribution in [0.3, 0.4) is 0 Å². The zero-order valence-electron chi connectivity index (χ0n) is 21.0. The molecule has 2 aliphatic heterocycles. The molecule has 0 amide bonds.